The first-order chi connectivity index (χ1) is 6.77. The molecular formula is C8H14N4O2. The molecule has 0 atom stereocenters. The number of carbonyl (C=O) groups excluding carboxylic acids is 1. The third-order valence-corrected chi connectivity index (χ3v) is 1.60. The number of aromatic nitrogens is 2. The number of hydrogen-bond acceptors (Lipinski definition) is 5. The highest BCUT2D eigenvalue weighted by molar-refractivity contribution is 5.90. The van der Waals surface area contributed by atoms with Crippen LogP contribution in [0.5, 0.6) is 0 Å². The second kappa shape index (κ2) is 5.33. The fourth-order valence-corrected chi connectivity index (χ4v) is 0.942. The average Bonchev–Trinajstić information content (AvgIpc) is 2.63. The largest absolute Gasteiger partial charge is 0.349 e. The van der Waals surface area contributed by atoms with Crippen molar-refractivity contribution >= 4 is 5.91 Å². The van der Waals surface area contributed by atoms with Gasteiger partial charge in [0.25, 0.3) is 11.7 Å². The highest BCUT2D eigenvalue weighted by atomic mass is 16.5. The third kappa shape index (κ3) is 2.81. The maximum atomic E-state index is 11.2. The minimum absolute atomic E-state index is 0.0823. The number of hydrogen-bond donors (Lipinski definition) is 2. The van der Waals surface area contributed by atoms with E-state index in [4.69, 9.17) is 10.3 Å². The van der Waals surface area contributed by atoms with Crippen LogP contribution < -0.4 is 11.1 Å². The number of nitrogens with zero attached hydrogens (tertiary/aromatic N) is 2. The molecule has 0 fully saturated rings. The lowest BCUT2D eigenvalue weighted by Crippen LogP contribution is -2.23. The van der Waals surface area contributed by atoms with Gasteiger partial charge in [-0.25, -0.2) is 0 Å². The Kier molecular flexibility index (Phi) is 4.06. The molecule has 0 saturated carbocycles. The maximum Gasteiger partial charge on any atom is 0.292 e. The Bertz CT molecular complexity index is 297. The molecule has 6 heteroatoms. The molecular weight excluding hydrogens is 184 g/mol. The van der Waals surface area contributed by atoms with Crippen LogP contribution in [0.1, 0.15) is 29.9 Å². The first-order valence-corrected chi connectivity index (χ1v) is 4.58. The molecule has 0 aliphatic rings. The van der Waals surface area contributed by atoms with Gasteiger partial charge in [-0.15, -0.1) is 0 Å². The molecule has 0 spiro atoms. The van der Waals surface area contributed by atoms with E-state index in [0.717, 1.165) is 6.42 Å². The first kappa shape index (κ1) is 10.6. The number of carbonyl (C=O) groups is 1. The molecule has 0 saturated heterocycles. The van der Waals surface area contributed by atoms with Crippen molar-refractivity contribution in [3.8, 4) is 0 Å². The minimum atomic E-state index is -0.310. The SMILES string of the molecule is CCNC(=O)c1noc(CCCN)n1. The van der Waals surface area contributed by atoms with Gasteiger partial charge < -0.3 is 15.6 Å². The second-order valence-corrected chi connectivity index (χ2v) is 2.76. The van der Waals surface area contributed by atoms with Crippen LogP contribution in [0, 0.1) is 0 Å². The first-order valence-electron chi connectivity index (χ1n) is 4.58. The van der Waals surface area contributed by atoms with Gasteiger partial charge in [0.05, 0.1) is 0 Å². The summed E-state index contributed by atoms with van der Waals surface area (Å²) in [7, 11) is 0. The minimum Gasteiger partial charge on any atom is -0.349 e. The van der Waals surface area contributed by atoms with Crippen LogP contribution >= 0.6 is 0 Å². The van der Waals surface area contributed by atoms with Gasteiger partial charge >= 0.3 is 0 Å². The molecule has 3 N–H and O–H groups in total. The summed E-state index contributed by atoms with van der Waals surface area (Å²) >= 11 is 0. The van der Waals surface area contributed by atoms with E-state index in [0.29, 0.717) is 25.4 Å². The fourth-order valence-electron chi connectivity index (χ4n) is 0.942. The number of aryl methyl sites for hydroxylation is 1. The summed E-state index contributed by atoms with van der Waals surface area (Å²) in [4.78, 5) is 15.1. The van der Waals surface area contributed by atoms with Crippen molar-refractivity contribution in [2.45, 2.75) is 19.8 Å². The van der Waals surface area contributed by atoms with Gasteiger partial charge in [0, 0.05) is 13.0 Å². The van der Waals surface area contributed by atoms with Gasteiger partial charge in [-0.3, -0.25) is 4.79 Å². The quantitative estimate of drug-likeness (QED) is 0.678. The number of nitrogens with two attached hydrogens (primary N) is 1. The Labute approximate surface area is 81.9 Å². The number of amides is 1. The summed E-state index contributed by atoms with van der Waals surface area (Å²) in [5.74, 6) is 0.228. The standard InChI is InChI=1S/C8H14N4O2/c1-2-10-8(13)7-11-6(14-12-7)4-3-5-9/h2-5,9H2,1H3,(H,10,13). The van der Waals surface area contributed by atoms with E-state index in [-0.39, 0.29) is 11.7 Å². The van der Waals surface area contributed by atoms with Crippen LogP contribution in [0.25, 0.3) is 0 Å². The van der Waals surface area contributed by atoms with Crippen LogP contribution in [-0.4, -0.2) is 29.1 Å². The van der Waals surface area contributed by atoms with E-state index in [9.17, 15) is 4.79 Å². The van der Waals surface area contributed by atoms with Crippen molar-refractivity contribution in [3.05, 3.63) is 11.7 Å². The van der Waals surface area contributed by atoms with Crippen molar-refractivity contribution in [1.29, 1.82) is 0 Å². The highest BCUT2D eigenvalue weighted by Gasteiger charge is 2.12. The van der Waals surface area contributed by atoms with E-state index < -0.39 is 0 Å². The maximum absolute atomic E-state index is 11.2. The molecule has 0 unspecified atom stereocenters. The molecule has 78 valence electrons. The lowest BCUT2D eigenvalue weighted by atomic mass is 10.3. The van der Waals surface area contributed by atoms with Crippen LogP contribution in [0.15, 0.2) is 4.52 Å². The normalized spacial score (nSPS) is 10.1. The van der Waals surface area contributed by atoms with Crippen molar-refractivity contribution in [2.75, 3.05) is 13.1 Å². The highest BCUT2D eigenvalue weighted by Crippen LogP contribution is 1.99. The van der Waals surface area contributed by atoms with Gasteiger partial charge in [-0.1, -0.05) is 5.16 Å². The van der Waals surface area contributed by atoms with Crippen molar-refractivity contribution in [1.82, 2.24) is 15.5 Å². The van der Waals surface area contributed by atoms with Gasteiger partial charge in [0.1, 0.15) is 0 Å². The molecule has 14 heavy (non-hydrogen) atoms. The van der Waals surface area contributed by atoms with Crippen LogP contribution in [0.3, 0.4) is 0 Å². The molecule has 0 radical (unpaired) electrons. The smallest absolute Gasteiger partial charge is 0.292 e. The monoisotopic (exact) mass is 198 g/mol. The Morgan fingerprint density at radius 1 is 1.64 bits per heavy atom. The van der Waals surface area contributed by atoms with Crippen molar-refractivity contribution in [2.24, 2.45) is 5.73 Å². The zero-order valence-corrected chi connectivity index (χ0v) is 8.12. The zero-order valence-electron chi connectivity index (χ0n) is 8.12. The van der Waals surface area contributed by atoms with Crippen molar-refractivity contribution < 1.29 is 9.32 Å². The van der Waals surface area contributed by atoms with Crippen LogP contribution in [0.2, 0.25) is 0 Å². The predicted molar refractivity (Wildman–Crippen MR) is 49.7 cm³/mol. The van der Waals surface area contributed by atoms with E-state index in [2.05, 4.69) is 15.5 Å². The van der Waals surface area contributed by atoms with Gasteiger partial charge in [0.2, 0.25) is 5.89 Å². The molecule has 0 bridgehead atoms. The van der Waals surface area contributed by atoms with E-state index >= 15 is 0 Å². The van der Waals surface area contributed by atoms with E-state index in [1.54, 1.807) is 0 Å². The predicted octanol–water partition coefficient (Wildman–Crippen LogP) is -0.289. The fraction of sp³-hybridized carbons (Fsp3) is 0.625. The van der Waals surface area contributed by atoms with Gasteiger partial charge in [-0.05, 0) is 19.9 Å². The lowest BCUT2D eigenvalue weighted by Gasteiger charge is -1.93. The Balaban J connectivity index is 2.54. The van der Waals surface area contributed by atoms with Crippen LogP contribution in [0.4, 0.5) is 0 Å². The van der Waals surface area contributed by atoms with Crippen LogP contribution in [-0.2, 0) is 6.42 Å². The Hall–Kier alpha value is -1.43. The average molecular weight is 198 g/mol. The molecule has 1 aromatic rings. The summed E-state index contributed by atoms with van der Waals surface area (Å²) in [5.41, 5.74) is 5.32. The molecule has 0 aromatic carbocycles. The third-order valence-electron chi connectivity index (χ3n) is 1.60. The zero-order chi connectivity index (χ0) is 10.4. The second-order valence-electron chi connectivity index (χ2n) is 2.76. The van der Waals surface area contributed by atoms with Gasteiger partial charge in [-0.2, -0.15) is 4.98 Å². The summed E-state index contributed by atoms with van der Waals surface area (Å²) in [5, 5.41) is 6.13. The Morgan fingerprint density at radius 3 is 3.07 bits per heavy atom. The summed E-state index contributed by atoms with van der Waals surface area (Å²) in [6, 6.07) is 0. The summed E-state index contributed by atoms with van der Waals surface area (Å²) < 4.78 is 4.86. The van der Waals surface area contributed by atoms with E-state index in [1.807, 2.05) is 6.92 Å². The lowest BCUT2D eigenvalue weighted by molar-refractivity contribution is 0.0942. The Morgan fingerprint density at radius 2 is 2.43 bits per heavy atom. The topological polar surface area (TPSA) is 94.0 Å². The molecule has 1 heterocycles. The molecule has 1 rings (SSSR count). The van der Waals surface area contributed by atoms with Crippen molar-refractivity contribution in [3.63, 3.8) is 0 Å². The molecule has 6 nitrogen and oxygen atoms in total. The number of nitrogens with one attached hydrogen (secondary N) is 1. The number of rotatable bonds is 5. The molecule has 0 aliphatic heterocycles. The summed E-state index contributed by atoms with van der Waals surface area (Å²) in [6.45, 7) is 2.94. The van der Waals surface area contributed by atoms with Gasteiger partial charge in [0.15, 0.2) is 0 Å². The molecule has 0 aliphatic carbocycles. The molecule has 1 amide bonds. The molecule has 1 aromatic heterocycles. The van der Waals surface area contributed by atoms with E-state index in [1.165, 1.54) is 0 Å². The summed E-state index contributed by atoms with van der Waals surface area (Å²) in [6.07, 6.45) is 1.39.